The molecule has 1 heteroatoms. The van der Waals surface area contributed by atoms with Gasteiger partial charge in [0, 0.05) is 5.41 Å². The largest absolute Gasteiger partial charge is 0.117 e. The van der Waals surface area contributed by atoms with Crippen molar-refractivity contribution in [2.45, 2.75) is 37.0 Å². The van der Waals surface area contributed by atoms with E-state index < -0.39 is 0 Å². The molecule has 0 amide bonds. The third-order valence-corrected chi connectivity index (χ3v) is 4.97. The molecular formula is C18H19Cl. The number of halogens is 1. The highest BCUT2D eigenvalue weighted by molar-refractivity contribution is 6.22. The maximum atomic E-state index is 6.79. The molecule has 3 rings (SSSR count). The summed E-state index contributed by atoms with van der Waals surface area (Å²) >= 11 is 6.79. The molecule has 0 radical (unpaired) electrons. The lowest BCUT2D eigenvalue weighted by Gasteiger charge is -2.22. The van der Waals surface area contributed by atoms with E-state index in [1.54, 1.807) is 0 Å². The molecule has 1 atom stereocenters. The van der Waals surface area contributed by atoms with Gasteiger partial charge in [0.05, 0.1) is 5.38 Å². The second-order valence-corrected chi connectivity index (χ2v) is 5.92. The summed E-state index contributed by atoms with van der Waals surface area (Å²) in [6, 6.07) is 19.5. The summed E-state index contributed by atoms with van der Waals surface area (Å²) in [7, 11) is 0. The molecule has 1 aliphatic rings. The molecular weight excluding hydrogens is 252 g/mol. The highest BCUT2D eigenvalue weighted by Crippen LogP contribution is 2.59. The number of hydrogen-bond donors (Lipinski definition) is 0. The Balaban J connectivity index is 1.89. The first-order chi connectivity index (χ1) is 9.26. The lowest BCUT2D eigenvalue weighted by atomic mass is 9.88. The molecule has 0 aromatic heterocycles. The van der Waals surface area contributed by atoms with Crippen molar-refractivity contribution in [1.29, 1.82) is 0 Å². The van der Waals surface area contributed by atoms with Crippen molar-refractivity contribution in [1.82, 2.24) is 0 Å². The summed E-state index contributed by atoms with van der Waals surface area (Å²) in [6.07, 6.45) is 3.47. The Kier molecular flexibility index (Phi) is 3.36. The minimum Gasteiger partial charge on any atom is -0.117 e. The predicted molar refractivity (Wildman–Crippen MR) is 81.8 cm³/mol. The molecule has 0 saturated heterocycles. The van der Waals surface area contributed by atoms with E-state index >= 15 is 0 Å². The maximum absolute atomic E-state index is 6.79. The number of rotatable bonds is 4. The minimum atomic E-state index is 0.0841. The molecule has 0 spiro atoms. The van der Waals surface area contributed by atoms with Gasteiger partial charge in [0.2, 0.25) is 0 Å². The van der Waals surface area contributed by atoms with E-state index in [9.17, 15) is 0 Å². The molecule has 1 fully saturated rings. The predicted octanol–water partition coefficient (Wildman–Crippen LogP) is 5.26. The zero-order valence-corrected chi connectivity index (χ0v) is 12.0. The highest BCUT2D eigenvalue weighted by atomic mass is 35.5. The molecule has 0 N–H and O–H groups in total. The monoisotopic (exact) mass is 270 g/mol. The van der Waals surface area contributed by atoms with Crippen molar-refractivity contribution in [2.24, 2.45) is 0 Å². The van der Waals surface area contributed by atoms with Gasteiger partial charge in [-0.1, -0.05) is 61.5 Å². The SMILES string of the molecule is CCc1ccc(C(Cl)C2(c3ccccc3)CC2)cc1. The van der Waals surface area contributed by atoms with Gasteiger partial charge in [-0.05, 0) is 36.0 Å². The van der Waals surface area contributed by atoms with Gasteiger partial charge in [-0.2, -0.15) is 0 Å². The second kappa shape index (κ2) is 5.02. The number of benzene rings is 2. The average Bonchev–Trinajstić information content (AvgIpc) is 3.29. The van der Waals surface area contributed by atoms with Crippen molar-refractivity contribution in [3.05, 3.63) is 71.3 Å². The lowest BCUT2D eigenvalue weighted by molar-refractivity contribution is 0.662. The second-order valence-electron chi connectivity index (χ2n) is 5.48. The summed E-state index contributed by atoms with van der Waals surface area (Å²) in [5.41, 5.74) is 4.17. The van der Waals surface area contributed by atoms with Crippen molar-refractivity contribution in [3.63, 3.8) is 0 Å². The fourth-order valence-electron chi connectivity index (χ4n) is 2.83. The first-order valence-electron chi connectivity index (χ1n) is 7.05. The van der Waals surface area contributed by atoms with Gasteiger partial charge >= 0.3 is 0 Å². The highest BCUT2D eigenvalue weighted by Gasteiger charge is 2.50. The first kappa shape index (κ1) is 12.7. The first-order valence-corrected chi connectivity index (χ1v) is 7.48. The van der Waals surface area contributed by atoms with Crippen LogP contribution in [0, 0.1) is 0 Å². The van der Waals surface area contributed by atoms with Gasteiger partial charge in [0.25, 0.3) is 0 Å². The Labute approximate surface area is 120 Å². The number of hydrogen-bond acceptors (Lipinski definition) is 0. The maximum Gasteiger partial charge on any atom is 0.0681 e. The minimum absolute atomic E-state index is 0.0841. The van der Waals surface area contributed by atoms with Gasteiger partial charge < -0.3 is 0 Å². The van der Waals surface area contributed by atoms with Crippen LogP contribution in [0.25, 0.3) is 0 Å². The lowest BCUT2D eigenvalue weighted by Crippen LogP contribution is -2.14. The van der Waals surface area contributed by atoms with Gasteiger partial charge in [-0.3, -0.25) is 0 Å². The number of alkyl halides is 1. The molecule has 0 nitrogen and oxygen atoms in total. The summed E-state index contributed by atoms with van der Waals surface area (Å²) in [6.45, 7) is 2.18. The van der Waals surface area contributed by atoms with Crippen LogP contribution in [0.5, 0.6) is 0 Å². The summed E-state index contributed by atoms with van der Waals surface area (Å²) < 4.78 is 0. The van der Waals surface area contributed by atoms with Crippen molar-refractivity contribution >= 4 is 11.6 Å². The van der Waals surface area contributed by atoms with E-state index in [0.29, 0.717) is 0 Å². The van der Waals surface area contributed by atoms with E-state index in [-0.39, 0.29) is 10.8 Å². The van der Waals surface area contributed by atoms with Crippen LogP contribution in [-0.4, -0.2) is 0 Å². The molecule has 1 saturated carbocycles. The summed E-state index contributed by atoms with van der Waals surface area (Å²) in [5.74, 6) is 0. The Morgan fingerprint density at radius 2 is 1.63 bits per heavy atom. The topological polar surface area (TPSA) is 0 Å². The molecule has 2 aromatic rings. The van der Waals surface area contributed by atoms with Gasteiger partial charge in [0.1, 0.15) is 0 Å². The molecule has 98 valence electrons. The van der Waals surface area contributed by atoms with Gasteiger partial charge in [-0.25, -0.2) is 0 Å². The van der Waals surface area contributed by atoms with Crippen molar-refractivity contribution in [3.8, 4) is 0 Å². The van der Waals surface area contributed by atoms with Crippen LogP contribution in [0.3, 0.4) is 0 Å². The molecule has 0 bridgehead atoms. The van der Waals surface area contributed by atoms with Crippen molar-refractivity contribution in [2.75, 3.05) is 0 Å². The molecule has 0 heterocycles. The van der Waals surface area contributed by atoms with E-state index in [0.717, 1.165) is 6.42 Å². The smallest absolute Gasteiger partial charge is 0.0681 e. The zero-order valence-electron chi connectivity index (χ0n) is 11.3. The van der Waals surface area contributed by atoms with Crippen LogP contribution in [-0.2, 0) is 11.8 Å². The Hall–Kier alpha value is -1.27. The third-order valence-electron chi connectivity index (χ3n) is 4.30. The summed E-state index contributed by atoms with van der Waals surface area (Å²) in [5, 5.41) is 0.0841. The van der Waals surface area contributed by atoms with E-state index in [4.69, 9.17) is 11.6 Å². The third kappa shape index (κ3) is 2.30. The fourth-order valence-corrected chi connectivity index (χ4v) is 3.32. The Bertz CT molecular complexity index is 538. The average molecular weight is 271 g/mol. The van der Waals surface area contributed by atoms with Crippen LogP contribution < -0.4 is 0 Å². The molecule has 0 aliphatic heterocycles. The van der Waals surface area contributed by atoms with E-state index in [1.807, 2.05) is 0 Å². The van der Waals surface area contributed by atoms with Crippen LogP contribution in [0.2, 0.25) is 0 Å². The van der Waals surface area contributed by atoms with E-state index in [1.165, 1.54) is 29.5 Å². The fraction of sp³-hybridized carbons (Fsp3) is 0.333. The van der Waals surface area contributed by atoms with Crippen LogP contribution >= 0.6 is 11.6 Å². The van der Waals surface area contributed by atoms with Crippen molar-refractivity contribution < 1.29 is 0 Å². The molecule has 1 unspecified atom stereocenters. The molecule has 19 heavy (non-hydrogen) atoms. The quantitative estimate of drug-likeness (QED) is 0.665. The molecule has 2 aromatic carbocycles. The Morgan fingerprint density at radius 3 is 2.16 bits per heavy atom. The zero-order chi connectivity index (χ0) is 13.3. The summed E-state index contributed by atoms with van der Waals surface area (Å²) in [4.78, 5) is 0. The van der Waals surface area contributed by atoms with Gasteiger partial charge in [0.15, 0.2) is 0 Å². The van der Waals surface area contributed by atoms with Crippen LogP contribution in [0.4, 0.5) is 0 Å². The van der Waals surface area contributed by atoms with Crippen LogP contribution in [0.15, 0.2) is 54.6 Å². The molecule has 1 aliphatic carbocycles. The number of aryl methyl sites for hydroxylation is 1. The normalized spacial score (nSPS) is 18.0. The standard InChI is InChI=1S/C18H19Cl/c1-2-14-8-10-15(11-9-14)17(19)18(12-13-18)16-6-4-3-5-7-16/h3-11,17H,2,12-13H2,1H3. The Morgan fingerprint density at radius 1 is 1.00 bits per heavy atom. The van der Waals surface area contributed by atoms with Crippen LogP contribution in [0.1, 0.15) is 41.8 Å². The van der Waals surface area contributed by atoms with Gasteiger partial charge in [-0.15, -0.1) is 11.6 Å². The van der Waals surface area contributed by atoms with E-state index in [2.05, 4.69) is 61.5 Å².